The number of aromatic amines is 1. The molecule has 0 bridgehead atoms. The summed E-state index contributed by atoms with van der Waals surface area (Å²) < 4.78 is 4.98. The van der Waals surface area contributed by atoms with Gasteiger partial charge < -0.3 is 9.52 Å². The number of hydrogen-bond donors (Lipinski definition) is 2. The number of rotatable bonds is 4. The van der Waals surface area contributed by atoms with Crippen molar-refractivity contribution >= 4 is 17.1 Å². The van der Waals surface area contributed by atoms with Gasteiger partial charge in [-0.25, -0.2) is 4.79 Å². The molecule has 0 saturated heterocycles. The number of nitrogens with one attached hydrogen (secondary N) is 1. The molecule has 0 aliphatic heterocycles. The van der Waals surface area contributed by atoms with E-state index in [4.69, 9.17) is 9.52 Å². The van der Waals surface area contributed by atoms with Crippen molar-refractivity contribution in [2.75, 3.05) is 0 Å². The van der Waals surface area contributed by atoms with Crippen LogP contribution in [0.1, 0.15) is 31.7 Å². The van der Waals surface area contributed by atoms with E-state index in [0.29, 0.717) is 11.1 Å². The third kappa shape index (κ3) is 2.45. The number of carboxylic acids is 1. The van der Waals surface area contributed by atoms with Gasteiger partial charge in [-0.1, -0.05) is 19.9 Å². The molecule has 0 fully saturated rings. The zero-order valence-electron chi connectivity index (χ0n) is 10.3. The minimum absolute atomic E-state index is 0.0673. The fourth-order valence-electron chi connectivity index (χ4n) is 2.12. The monoisotopic (exact) mass is 249 g/mol. The molecule has 1 heterocycles. The molecule has 18 heavy (non-hydrogen) atoms. The minimum Gasteiger partial charge on any atom is -0.481 e. The van der Waals surface area contributed by atoms with Crippen LogP contribution < -0.4 is 5.76 Å². The average molecular weight is 249 g/mol. The number of aromatic nitrogens is 1. The van der Waals surface area contributed by atoms with Gasteiger partial charge in [-0.15, -0.1) is 0 Å². The van der Waals surface area contributed by atoms with Crippen molar-refractivity contribution in [2.45, 2.75) is 26.2 Å². The van der Waals surface area contributed by atoms with Crippen LogP contribution >= 0.6 is 0 Å². The zero-order valence-corrected chi connectivity index (χ0v) is 10.3. The number of benzene rings is 1. The van der Waals surface area contributed by atoms with Gasteiger partial charge in [-0.05, 0) is 29.5 Å². The first kappa shape index (κ1) is 12.4. The predicted octanol–water partition coefficient (Wildman–Crippen LogP) is 2.34. The highest BCUT2D eigenvalue weighted by molar-refractivity contribution is 5.74. The quantitative estimate of drug-likeness (QED) is 0.871. The molecule has 1 atom stereocenters. The van der Waals surface area contributed by atoms with Crippen molar-refractivity contribution in [3.63, 3.8) is 0 Å². The first-order chi connectivity index (χ1) is 8.47. The molecule has 0 saturated carbocycles. The molecule has 0 aliphatic rings. The summed E-state index contributed by atoms with van der Waals surface area (Å²) >= 11 is 0. The maximum Gasteiger partial charge on any atom is 0.417 e. The van der Waals surface area contributed by atoms with Crippen molar-refractivity contribution in [3.8, 4) is 0 Å². The number of H-pyrrole nitrogens is 1. The molecule has 2 aromatic rings. The van der Waals surface area contributed by atoms with Crippen molar-refractivity contribution < 1.29 is 14.3 Å². The molecular formula is C13H15NO4. The molecule has 1 aromatic carbocycles. The molecule has 5 heteroatoms. The van der Waals surface area contributed by atoms with Crippen LogP contribution in [0.3, 0.4) is 0 Å². The summed E-state index contributed by atoms with van der Waals surface area (Å²) in [5, 5.41) is 8.93. The first-order valence-electron chi connectivity index (χ1n) is 5.82. The fourth-order valence-corrected chi connectivity index (χ4v) is 2.12. The highest BCUT2D eigenvalue weighted by Crippen LogP contribution is 2.29. The first-order valence-corrected chi connectivity index (χ1v) is 5.82. The van der Waals surface area contributed by atoms with Crippen LogP contribution in [0.4, 0.5) is 0 Å². The fraction of sp³-hybridized carbons (Fsp3) is 0.385. The zero-order chi connectivity index (χ0) is 13.3. The summed E-state index contributed by atoms with van der Waals surface area (Å²) in [5.74, 6) is -1.22. The van der Waals surface area contributed by atoms with Gasteiger partial charge in [0.25, 0.3) is 0 Å². The van der Waals surface area contributed by atoms with Crippen LogP contribution in [0, 0.1) is 5.92 Å². The topological polar surface area (TPSA) is 83.3 Å². The van der Waals surface area contributed by atoms with E-state index in [1.54, 1.807) is 12.1 Å². The lowest BCUT2D eigenvalue weighted by atomic mass is 9.86. The van der Waals surface area contributed by atoms with Crippen molar-refractivity contribution in [2.24, 2.45) is 5.92 Å². The van der Waals surface area contributed by atoms with E-state index < -0.39 is 11.7 Å². The molecule has 0 radical (unpaired) electrons. The van der Waals surface area contributed by atoms with Gasteiger partial charge >= 0.3 is 11.7 Å². The summed E-state index contributed by atoms with van der Waals surface area (Å²) in [7, 11) is 0. The van der Waals surface area contributed by atoms with Gasteiger partial charge in [-0.2, -0.15) is 0 Å². The number of carbonyl (C=O) groups is 1. The van der Waals surface area contributed by atoms with Crippen LogP contribution in [0.2, 0.25) is 0 Å². The predicted molar refractivity (Wildman–Crippen MR) is 66.7 cm³/mol. The minimum atomic E-state index is -0.829. The average Bonchev–Trinajstić information content (AvgIpc) is 2.64. The standard InChI is InChI=1S/C13H15NO4/c1-7(2)9(6-12(15)16)8-3-4-10-11(5-8)18-13(17)14-10/h3-5,7,9H,6H2,1-2H3,(H,14,17)(H,15,16). The van der Waals surface area contributed by atoms with Gasteiger partial charge in [0.2, 0.25) is 0 Å². The van der Waals surface area contributed by atoms with Crippen molar-refractivity contribution in [1.82, 2.24) is 4.98 Å². The largest absolute Gasteiger partial charge is 0.481 e. The van der Waals surface area contributed by atoms with Crippen LogP contribution in [0.25, 0.3) is 11.1 Å². The second kappa shape index (κ2) is 4.68. The van der Waals surface area contributed by atoms with Gasteiger partial charge in [0.05, 0.1) is 11.9 Å². The van der Waals surface area contributed by atoms with Gasteiger partial charge in [0.15, 0.2) is 5.58 Å². The van der Waals surface area contributed by atoms with Crippen LogP contribution in [0.5, 0.6) is 0 Å². The SMILES string of the molecule is CC(C)C(CC(=O)O)c1ccc2[nH]c(=O)oc2c1. The molecule has 1 unspecified atom stereocenters. The van der Waals surface area contributed by atoms with E-state index >= 15 is 0 Å². The Hall–Kier alpha value is -2.04. The van der Waals surface area contributed by atoms with Gasteiger partial charge in [-0.3, -0.25) is 9.78 Å². The van der Waals surface area contributed by atoms with E-state index in [2.05, 4.69) is 4.98 Å². The second-order valence-electron chi connectivity index (χ2n) is 4.72. The Labute approximate surface area is 103 Å². The lowest BCUT2D eigenvalue weighted by molar-refractivity contribution is -0.137. The number of oxazole rings is 1. The number of carboxylic acid groups (broad SMARTS) is 1. The molecule has 2 rings (SSSR count). The Morgan fingerprint density at radius 3 is 2.78 bits per heavy atom. The summed E-state index contributed by atoms with van der Waals surface area (Å²) in [6, 6.07) is 5.31. The van der Waals surface area contributed by atoms with E-state index in [1.807, 2.05) is 19.9 Å². The molecule has 1 aromatic heterocycles. The number of aliphatic carboxylic acids is 1. The Kier molecular flexibility index (Phi) is 3.23. The van der Waals surface area contributed by atoms with Crippen molar-refractivity contribution in [3.05, 3.63) is 34.3 Å². The Morgan fingerprint density at radius 2 is 2.17 bits per heavy atom. The van der Waals surface area contributed by atoms with E-state index in [-0.39, 0.29) is 18.3 Å². The molecule has 2 N–H and O–H groups in total. The smallest absolute Gasteiger partial charge is 0.417 e. The molecule has 0 amide bonds. The highest BCUT2D eigenvalue weighted by Gasteiger charge is 2.20. The molecule has 5 nitrogen and oxygen atoms in total. The Bertz CT molecular complexity index is 623. The third-order valence-corrected chi connectivity index (χ3v) is 3.07. The molecular weight excluding hydrogens is 234 g/mol. The van der Waals surface area contributed by atoms with Gasteiger partial charge in [0.1, 0.15) is 0 Å². The summed E-state index contributed by atoms with van der Waals surface area (Å²) in [6.45, 7) is 3.95. The number of fused-ring (bicyclic) bond motifs is 1. The van der Waals surface area contributed by atoms with Crippen LogP contribution in [-0.2, 0) is 4.79 Å². The highest BCUT2D eigenvalue weighted by atomic mass is 16.4. The third-order valence-electron chi connectivity index (χ3n) is 3.07. The lowest BCUT2D eigenvalue weighted by Crippen LogP contribution is -2.12. The summed E-state index contributed by atoms with van der Waals surface area (Å²) in [5.41, 5.74) is 1.97. The molecule has 0 spiro atoms. The van der Waals surface area contributed by atoms with E-state index in [0.717, 1.165) is 5.56 Å². The normalized spacial score (nSPS) is 13.1. The van der Waals surface area contributed by atoms with Crippen LogP contribution in [0.15, 0.2) is 27.4 Å². The summed E-state index contributed by atoms with van der Waals surface area (Å²) in [4.78, 5) is 24.5. The number of hydrogen-bond acceptors (Lipinski definition) is 3. The Morgan fingerprint density at radius 1 is 1.44 bits per heavy atom. The lowest BCUT2D eigenvalue weighted by Gasteiger charge is -2.19. The van der Waals surface area contributed by atoms with E-state index in [9.17, 15) is 9.59 Å². The summed E-state index contributed by atoms with van der Waals surface area (Å²) in [6.07, 6.45) is 0.0673. The van der Waals surface area contributed by atoms with E-state index in [1.165, 1.54) is 0 Å². The Balaban J connectivity index is 2.43. The van der Waals surface area contributed by atoms with Crippen LogP contribution in [-0.4, -0.2) is 16.1 Å². The maximum atomic E-state index is 11.1. The van der Waals surface area contributed by atoms with Crippen molar-refractivity contribution in [1.29, 1.82) is 0 Å². The molecule has 96 valence electrons. The van der Waals surface area contributed by atoms with Gasteiger partial charge in [0, 0.05) is 0 Å². The second-order valence-corrected chi connectivity index (χ2v) is 4.72. The maximum absolute atomic E-state index is 11.1. The molecule has 0 aliphatic carbocycles.